The molecule has 0 amide bonds. The lowest BCUT2D eigenvalue weighted by molar-refractivity contribution is 0.0991. The van der Waals surface area contributed by atoms with E-state index in [0.717, 1.165) is 38.1 Å². The molecule has 0 fully saturated rings. The van der Waals surface area contributed by atoms with Crippen LogP contribution in [0, 0.1) is 17.8 Å². The molecule has 16 heavy (non-hydrogen) atoms. The minimum Gasteiger partial charge on any atom is -0.381 e. The lowest BCUT2D eigenvalue weighted by Crippen LogP contribution is -2.27. The Morgan fingerprint density at radius 2 is 1.62 bits per heavy atom. The van der Waals surface area contributed by atoms with E-state index in [1.54, 1.807) is 0 Å². The van der Waals surface area contributed by atoms with Crippen LogP contribution in [0.2, 0.25) is 0 Å². The van der Waals surface area contributed by atoms with Crippen molar-refractivity contribution in [1.29, 1.82) is 0 Å². The summed E-state index contributed by atoms with van der Waals surface area (Å²) in [5.74, 6) is 2.16. The smallest absolute Gasteiger partial charge is 0.0503 e. The van der Waals surface area contributed by atoms with E-state index in [4.69, 9.17) is 4.74 Å². The van der Waals surface area contributed by atoms with Crippen LogP contribution < -0.4 is 5.32 Å². The number of nitrogens with one attached hydrogen (secondary N) is 1. The molecular formula is C14H31NO. The summed E-state index contributed by atoms with van der Waals surface area (Å²) in [7, 11) is 0. The fourth-order valence-electron chi connectivity index (χ4n) is 1.56. The van der Waals surface area contributed by atoms with Gasteiger partial charge >= 0.3 is 0 Å². The highest BCUT2D eigenvalue weighted by atomic mass is 16.5. The van der Waals surface area contributed by atoms with Crippen molar-refractivity contribution in [3.8, 4) is 0 Å². The van der Waals surface area contributed by atoms with Crippen LogP contribution in [-0.4, -0.2) is 26.3 Å². The third kappa shape index (κ3) is 12.0. The Labute approximate surface area is 102 Å². The minimum atomic E-state index is 0.623. The number of ether oxygens (including phenoxy) is 1. The molecule has 1 atom stereocenters. The number of hydrogen-bond acceptors (Lipinski definition) is 2. The molecule has 0 aliphatic rings. The van der Waals surface area contributed by atoms with Crippen molar-refractivity contribution in [1.82, 2.24) is 5.32 Å². The van der Waals surface area contributed by atoms with Gasteiger partial charge in [-0.1, -0.05) is 34.6 Å². The Bertz CT molecular complexity index is 146. The zero-order valence-corrected chi connectivity index (χ0v) is 11.9. The van der Waals surface area contributed by atoms with Crippen LogP contribution in [0.3, 0.4) is 0 Å². The van der Waals surface area contributed by atoms with Crippen LogP contribution in [-0.2, 0) is 4.74 Å². The van der Waals surface area contributed by atoms with Crippen LogP contribution >= 0.6 is 0 Å². The molecule has 2 nitrogen and oxygen atoms in total. The molecule has 0 aromatic carbocycles. The van der Waals surface area contributed by atoms with Gasteiger partial charge in [0, 0.05) is 6.61 Å². The van der Waals surface area contributed by atoms with E-state index in [2.05, 4.69) is 39.9 Å². The van der Waals surface area contributed by atoms with Gasteiger partial charge in [0.25, 0.3) is 0 Å². The van der Waals surface area contributed by atoms with Gasteiger partial charge in [0.1, 0.15) is 0 Å². The zero-order chi connectivity index (χ0) is 12.4. The van der Waals surface area contributed by atoms with Crippen LogP contribution in [0.15, 0.2) is 0 Å². The second-order valence-corrected chi connectivity index (χ2v) is 5.77. The van der Waals surface area contributed by atoms with Crippen molar-refractivity contribution >= 4 is 0 Å². The molecule has 0 radical (unpaired) electrons. The molecule has 0 bridgehead atoms. The first-order valence-corrected chi connectivity index (χ1v) is 6.80. The van der Waals surface area contributed by atoms with E-state index in [1.807, 2.05) is 0 Å². The monoisotopic (exact) mass is 229 g/mol. The molecule has 0 spiro atoms. The first kappa shape index (κ1) is 15.9. The summed E-state index contributed by atoms with van der Waals surface area (Å²) in [6, 6.07) is 0. The average molecular weight is 229 g/mol. The summed E-state index contributed by atoms with van der Waals surface area (Å²) in [6.45, 7) is 15.2. The molecule has 0 heterocycles. The van der Waals surface area contributed by atoms with Crippen molar-refractivity contribution in [3.63, 3.8) is 0 Å². The Balaban J connectivity index is 3.20. The van der Waals surface area contributed by atoms with E-state index < -0.39 is 0 Å². The van der Waals surface area contributed by atoms with Gasteiger partial charge in [0.15, 0.2) is 0 Å². The maximum absolute atomic E-state index is 5.66. The first-order chi connectivity index (χ1) is 7.52. The Morgan fingerprint density at radius 1 is 0.938 bits per heavy atom. The van der Waals surface area contributed by atoms with Crippen LogP contribution in [0.25, 0.3) is 0 Å². The maximum Gasteiger partial charge on any atom is 0.0503 e. The summed E-state index contributed by atoms with van der Waals surface area (Å²) in [5, 5.41) is 3.46. The van der Waals surface area contributed by atoms with Crippen LogP contribution in [0.5, 0.6) is 0 Å². The molecule has 0 aromatic rings. The van der Waals surface area contributed by atoms with Gasteiger partial charge in [0.2, 0.25) is 0 Å². The fourth-order valence-corrected chi connectivity index (χ4v) is 1.56. The largest absolute Gasteiger partial charge is 0.381 e. The van der Waals surface area contributed by atoms with Gasteiger partial charge < -0.3 is 10.1 Å². The van der Waals surface area contributed by atoms with Crippen molar-refractivity contribution in [2.45, 2.75) is 47.5 Å². The van der Waals surface area contributed by atoms with Crippen molar-refractivity contribution in [2.24, 2.45) is 17.8 Å². The van der Waals surface area contributed by atoms with E-state index in [0.29, 0.717) is 5.92 Å². The fraction of sp³-hybridized carbons (Fsp3) is 1.00. The van der Waals surface area contributed by atoms with Crippen molar-refractivity contribution < 1.29 is 4.74 Å². The topological polar surface area (TPSA) is 21.3 Å². The molecule has 0 aromatic heterocycles. The molecule has 0 saturated heterocycles. The summed E-state index contributed by atoms with van der Waals surface area (Å²) < 4.78 is 5.66. The second kappa shape index (κ2) is 10.1. The summed E-state index contributed by atoms with van der Waals surface area (Å²) in [6.07, 6.45) is 2.48. The van der Waals surface area contributed by atoms with Gasteiger partial charge in [-0.3, -0.25) is 0 Å². The highest BCUT2D eigenvalue weighted by molar-refractivity contribution is 4.57. The lowest BCUT2D eigenvalue weighted by Gasteiger charge is -2.14. The molecule has 98 valence electrons. The highest BCUT2D eigenvalue weighted by Crippen LogP contribution is 2.04. The van der Waals surface area contributed by atoms with E-state index in [1.165, 1.54) is 12.8 Å². The van der Waals surface area contributed by atoms with Crippen LogP contribution in [0.1, 0.15) is 47.5 Å². The molecule has 1 N–H and O–H groups in total. The maximum atomic E-state index is 5.66. The van der Waals surface area contributed by atoms with Crippen LogP contribution in [0.4, 0.5) is 0 Å². The van der Waals surface area contributed by atoms with Crippen molar-refractivity contribution in [2.75, 3.05) is 26.3 Å². The zero-order valence-electron chi connectivity index (χ0n) is 11.9. The molecule has 2 heteroatoms. The third-order valence-electron chi connectivity index (χ3n) is 2.52. The van der Waals surface area contributed by atoms with E-state index >= 15 is 0 Å². The molecule has 0 aliphatic heterocycles. The summed E-state index contributed by atoms with van der Waals surface area (Å²) >= 11 is 0. The van der Waals surface area contributed by atoms with Gasteiger partial charge in [0.05, 0.1) is 6.61 Å². The van der Waals surface area contributed by atoms with Gasteiger partial charge in [-0.25, -0.2) is 0 Å². The standard InChI is InChI=1S/C14H31NO/c1-12(2)7-6-8-16-11-14(5)10-15-9-13(3)4/h12-15H,6-11H2,1-5H3. The summed E-state index contributed by atoms with van der Waals surface area (Å²) in [5.41, 5.74) is 0. The molecule has 1 unspecified atom stereocenters. The predicted octanol–water partition coefficient (Wildman–Crippen LogP) is 3.32. The quantitative estimate of drug-likeness (QED) is 0.580. The Hall–Kier alpha value is -0.0800. The Morgan fingerprint density at radius 3 is 2.19 bits per heavy atom. The molecule has 0 aliphatic carbocycles. The minimum absolute atomic E-state index is 0.623. The summed E-state index contributed by atoms with van der Waals surface area (Å²) in [4.78, 5) is 0. The van der Waals surface area contributed by atoms with Gasteiger partial charge in [-0.15, -0.1) is 0 Å². The average Bonchev–Trinajstić information content (AvgIpc) is 2.16. The Kier molecular flexibility index (Phi) is 10.0. The van der Waals surface area contributed by atoms with E-state index in [9.17, 15) is 0 Å². The highest BCUT2D eigenvalue weighted by Gasteiger charge is 2.02. The van der Waals surface area contributed by atoms with Crippen molar-refractivity contribution in [3.05, 3.63) is 0 Å². The number of rotatable bonds is 10. The van der Waals surface area contributed by atoms with Gasteiger partial charge in [-0.05, 0) is 43.7 Å². The lowest BCUT2D eigenvalue weighted by atomic mass is 10.1. The molecule has 0 rings (SSSR count). The predicted molar refractivity (Wildman–Crippen MR) is 71.8 cm³/mol. The molecule has 0 saturated carbocycles. The first-order valence-electron chi connectivity index (χ1n) is 6.80. The number of hydrogen-bond donors (Lipinski definition) is 1. The normalized spacial score (nSPS) is 13.7. The second-order valence-electron chi connectivity index (χ2n) is 5.77. The van der Waals surface area contributed by atoms with E-state index in [-0.39, 0.29) is 0 Å². The molecular weight excluding hydrogens is 198 g/mol. The third-order valence-corrected chi connectivity index (χ3v) is 2.52. The SMILES string of the molecule is CC(C)CCCOCC(C)CNCC(C)C. The van der Waals surface area contributed by atoms with Gasteiger partial charge in [-0.2, -0.15) is 0 Å².